The first-order chi connectivity index (χ1) is 13.4. The lowest BCUT2D eigenvalue weighted by atomic mass is 9.87. The lowest BCUT2D eigenvalue weighted by molar-refractivity contribution is -0.144. The highest BCUT2D eigenvalue weighted by Gasteiger charge is 2.23. The summed E-state index contributed by atoms with van der Waals surface area (Å²) in [5.74, 6) is -0.794. The summed E-state index contributed by atoms with van der Waals surface area (Å²) in [6.07, 6.45) is 0. The standard InChI is InChI=1S/C22H27NO5S/c1-16(24)18-8-12-20(13-9-18)29(26,27)23(5)14-21(25)28-15-17-6-10-19(11-7-17)22(2,3)4/h6-13H,14-15H2,1-5H3. The van der Waals surface area contributed by atoms with Gasteiger partial charge in [-0.25, -0.2) is 8.42 Å². The first-order valence-electron chi connectivity index (χ1n) is 9.23. The van der Waals surface area contributed by atoms with Gasteiger partial charge in [-0.1, -0.05) is 57.2 Å². The molecule has 0 aromatic heterocycles. The van der Waals surface area contributed by atoms with Gasteiger partial charge < -0.3 is 4.74 Å². The number of hydrogen-bond donors (Lipinski definition) is 0. The zero-order chi connectivity index (χ0) is 21.8. The third-order valence-corrected chi connectivity index (χ3v) is 6.36. The topological polar surface area (TPSA) is 80.8 Å². The Bertz CT molecular complexity index is 971. The molecule has 0 saturated carbocycles. The van der Waals surface area contributed by atoms with E-state index in [4.69, 9.17) is 4.74 Å². The molecule has 7 heteroatoms. The van der Waals surface area contributed by atoms with Gasteiger partial charge in [0.2, 0.25) is 10.0 Å². The Morgan fingerprint density at radius 1 is 0.966 bits per heavy atom. The molecular weight excluding hydrogens is 390 g/mol. The zero-order valence-electron chi connectivity index (χ0n) is 17.4. The molecule has 156 valence electrons. The van der Waals surface area contributed by atoms with Crippen LogP contribution >= 0.6 is 0 Å². The predicted molar refractivity (Wildman–Crippen MR) is 111 cm³/mol. The molecule has 0 spiro atoms. The summed E-state index contributed by atoms with van der Waals surface area (Å²) in [6, 6.07) is 13.4. The van der Waals surface area contributed by atoms with Gasteiger partial charge in [0.1, 0.15) is 13.2 Å². The van der Waals surface area contributed by atoms with Crippen LogP contribution in [-0.4, -0.2) is 38.1 Å². The minimum Gasteiger partial charge on any atom is -0.460 e. The van der Waals surface area contributed by atoms with E-state index in [0.29, 0.717) is 5.56 Å². The average molecular weight is 418 g/mol. The Morgan fingerprint density at radius 3 is 2.00 bits per heavy atom. The Morgan fingerprint density at radius 2 is 1.52 bits per heavy atom. The Balaban J connectivity index is 1.96. The second-order valence-corrected chi connectivity index (χ2v) is 9.99. The molecule has 0 radical (unpaired) electrons. The van der Waals surface area contributed by atoms with Crippen molar-refractivity contribution in [1.29, 1.82) is 0 Å². The van der Waals surface area contributed by atoms with Gasteiger partial charge in [-0.3, -0.25) is 9.59 Å². The van der Waals surface area contributed by atoms with Crippen molar-refractivity contribution in [3.05, 3.63) is 65.2 Å². The second kappa shape index (κ2) is 8.88. The summed E-state index contributed by atoms with van der Waals surface area (Å²) in [4.78, 5) is 23.4. The van der Waals surface area contributed by atoms with Gasteiger partial charge in [-0.2, -0.15) is 4.31 Å². The minimum atomic E-state index is -3.86. The molecule has 2 aromatic carbocycles. The Labute approximate surface area is 172 Å². The van der Waals surface area contributed by atoms with Crippen LogP contribution < -0.4 is 0 Å². The third kappa shape index (κ3) is 5.98. The second-order valence-electron chi connectivity index (χ2n) is 7.95. The van der Waals surface area contributed by atoms with Crippen LogP contribution in [0.1, 0.15) is 49.2 Å². The molecule has 0 fully saturated rings. The molecule has 0 aliphatic rings. The summed E-state index contributed by atoms with van der Waals surface area (Å²) in [7, 11) is -2.55. The molecule has 2 aromatic rings. The summed E-state index contributed by atoms with van der Waals surface area (Å²) in [6.45, 7) is 7.42. The number of benzene rings is 2. The largest absolute Gasteiger partial charge is 0.460 e. The predicted octanol–water partition coefficient (Wildman–Crippen LogP) is 3.55. The van der Waals surface area contributed by atoms with Crippen LogP contribution in [0.2, 0.25) is 0 Å². The quantitative estimate of drug-likeness (QED) is 0.508. The number of ketones is 1. The van der Waals surface area contributed by atoms with Crippen molar-refractivity contribution in [3.63, 3.8) is 0 Å². The number of rotatable bonds is 7. The van der Waals surface area contributed by atoms with Gasteiger partial charge in [0.25, 0.3) is 0 Å². The number of nitrogens with zero attached hydrogens (tertiary/aromatic N) is 1. The van der Waals surface area contributed by atoms with Crippen molar-refractivity contribution in [3.8, 4) is 0 Å². The van der Waals surface area contributed by atoms with Crippen LogP contribution in [0.3, 0.4) is 0 Å². The molecule has 0 atom stereocenters. The maximum atomic E-state index is 12.6. The van der Waals surface area contributed by atoms with Crippen LogP contribution in [0.15, 0.2) is 53.4 Å². The minimum absolute atomic E-state index is 0.00979. The van der Waals surface area contributed by atoms with Crippen LogP contribution in [0.5, 0.6) is 0 Å². The fourth-order valence-electron chi connectivity index (χ4n) is 2.62. The lowest BCUT2D eigenvalue weighted by Gasteiger charge is -2.19. The zero-order valence-corrected chi connectivity index (χ0v) is 18.2. The normalized spacial score (nSPS) is 12.1. The molecule has 0 amide bonds. The summed E-state index contributed by atoms with van der Waals surface area (Å²) < 4.78 is 31.3. The lowest BCUT2D eigenvalue weighted by Crippen LogP contribution is -2.33. The molecule has 6 nitrogen and oxygen atoms in total. The van der Waals surface area contributed by atoms with Gasteiger partial charge in [-0.15, -0.1) is 0 Å². The SMILES string of the molecule is CC(=O)c1ccc(S(=O)(=O)N(C)CC(=O)OCc2ccc(C(C)(C)C)cc2)cc1. The summed E-state index contributed by atoms with van der Waals surface area (Å²) >= 11 is 0. The van der Waals surface area contributed by atoms with E-state index < -0.39 is 22.5 Å². The molecule has 0 aliphatic carbocycles. The van der Waals surface area contributed by atoms with E-state index in [0.717, 1.165) is 9.87 Å². The van der Waals surface area contributed by atoms with E-state index in [1.807, 2.05) is 24.3 Å². The summed E-state index contributed by atoms with van der Waals surface area (Å²) in [5.41, 5.74) is 2.46. The number of carbonyl (C=O) groups is 2. The average Bonchev–Trinajstić information content (AvgIpc) is 2.66. The number of hydrogen-bond acceptors (Lipinski definition) is 5. The first-order valence-corrected chi connectivity index (χ1v) is 10.7. The van der Waals surface area contributed by atoms with Crippen molar-refractivity contribution >= 4 is 21.8 Å². The molecule has 0 bridgehead atoms. The molecule has 0 saturated heterocycles. The van der Waals surface area contributed by atoms with Crippen LogP contribution in [0, 0.1) is 0 Å². The number of likely N-dealkylation sites (N-methyl/N-ethyl adjacent to an activating group) is 1. The third-order valence-electron chi connectivity index (χ3n) is 4.54. The first kappa shape index (κ1) is 22.8. The highest BCUT2D eigenvalue weighted by Crippen LogP contribution is 2.22. The smallest absolute Gasteiger partial charge is 0.321 e. The monoisotopic (exact) mass is 417 g/mol. The number of carbonyl (C=O) groups excluding carboxylic acids is 2. The highest BCUT2D eigenvalue weighted by atomic mass is 32.2. The number of sulfonamides is 1. The van der Waals surface area contributed by atoms with Gasteiger partial charge in [0.05, 0.1) is 4.90 Å². The highest BCUT2D eigenvalue weighted by molar-refractivity contribution is 7.89. The van der Waals surface area contributed by atoms with E-state index in [9.17, 15) is 18.0 Å². The van der Waals surface area contributed by atoms with E-state index in [1.165, 1.54) is 43.8 Å². The molecule has 0 unspecified atom stereocenters. The van der Waals surface area contributed by atoms with Gasteiger partial charge in [0.15, 0.2) is 5.78 Å². The molecule has 29 heavy (non-hydrogen) atoms. The Kier molecular flexibility index (Phi) is 6.97. The van der Waals surface area contributed by atoms with E-state index in [2.05, 4.69) is 20.8 Å². The fourth-order valence-corrected chi connectivity index (χ4v) is 3.73. The van der Waals surface area contributed by atoms with Gasteiger partial charge in [-0.05, 0) is 35.6 Å². The fraction of sp³-hybridized carbons (Fsp3) is 0.364. The molecule has 0 aliphatic heterocycles. The molecule has 2 rings (SSSR count). The molecular formula is C22H27NO5S. The van der Waals surface area contributed by atoms with Crippen molar-refractivity contribution in [2.45, 2.75) is 44.6 Å². The number of ether oxygens (including phenoxy) is 1. The van der Waals surface area contributed by atoms with Crippen LogP contribution in [-0.2, 0) is 31.6 Å². The number of Topliss-reactive ketones (excluding diaryl/α,β-unsaturated/α-hetero) is 1. The van der Waals surface area contributed by atoms with Crippen LogP contribution in [0.4, 0.5) is 0 Å². The maximum Gasteiger partial charge on any atom is 0.321 e. The van der Waals surface area contributed by atoms with E-state index in [-0.39, 0.29) is 22.7 Å². The van der Waals surface area contributed by atoms with Crippen molar-refractivity contribution < 1.29 is 22.7 Å². The van der Waals surface area contributed by atoms with Crippen molar-refractivity contribution in [2.24, 2.45) is 0 Å². The van der Waals surface area contributed by atoms with Gasteiger partial charge >= 0.3 is 5.97 Å². The van der Waals surface area contributed by atoms with E-state index in [1.54, 1.807) is 0 Å². The van der Waals surface area contributed by atoms with Gasteiger partial charge in [0, 0.05) is 12.6 Å². The molecule has 0 heterocycles. The summed E-state index contributed by atoms with van der Waals surface area (Å²) in [5, 5.41) is 0. The molecule has 0 N–H and O–H groups in total. The number of esters is 1. The van der Waals surface area contributed by atoms with Crippen LogP contribution in [0.25, 0.3) is 0 Å². The van der Waals surface area contributed by atoms with Crippen molar-refractivity contribution in [2.75, 3.05) is 13.6 Å². The van der Waals surface area contributed by atoms with Crippen molar-refractivity contribution in [1.82, 2.24) is 4.31 Å². The maximum absolute atomic E-state index is 12.6. The van der Waals surface area contributed by atoms with E-state index >= 15 is 0 Å². The Hall–Kier alpha value is -2.51.